The summed E-state index contributed by atoms with van der Waals surface area (Å²) in [5.41, 5.74) is 5.82. The lowest BCUT2D eigenvalue weighted by molar-refractivity contribution is 0.427. The van der Waals surface area contributed by atoms with E-state index in [2.05, 4.69) is 30.8 Å². The third-order valence-electron chi connectivity index (χ3n) is 4.20. The second-order valence-electron chi connectivity index (χ2n) is 5.36. The molecule has 1 aromatic rings. The van der Waals surface area contributed by atoms with Crippen LogP contribution in [0.15, 0.2) is 10.7 Å². The van der Waals surface area contributed by atoms with Crippen molar-refractivity contribution in [3.8, 4) is 0 Å². The molecule has 2 heterocycles. The molecule has 0 aromatic carbocycles. The molecule has 5 heteroatoms. The summed E-state index contributed by atoms with van der Waals surface area (Å²) in [4.78, 5) is 11.3. The van der Waals surface area contributed by atoms with Gasteiger partial charge in [-0.05, 0) is 47.5 Å². The van der Waals surface area contributed by atoms with E-state index in [1.54, 1.807) is 6.07 Å². The van der Waals surface area contributed by atoms with E-state index < -0.39 is 0 Å². The van der Waals surface area contributed by atoms with Crippen molar-refractivity contribution in [3.63, 3.8) is 0 Å². The van der Waals surface area contributed by atoms with Crippen molar-refractivity contribution < 1.29 is 0 Å². The van der Waals surface area contributed by atoms with Gasteiger partial charge >= 0.3 is 0 Å². The normalized spacial score (nSPS) is 24.9. The number of hydrogen-bond acceptors (Lipinski definition) is 4. The fourth-order valence-corrected chi connectivity index (χ4v) is 3.82. The smallest absolute Gasteiger partial charge is 0.228 e. The number of hydrogen-bond donors (Lipinski definition) is 1. The van der Waals surface area contributed by atoms with Gasteiger partial charge in [-0.15, -0.1) is 0 Å². The number of aromatic nitrogens is 2. The highest BCUT2D eigenvalue weighted by Crippen LogP contribution is 2.37. The molecule has 4 nitrogen and oxygen atoms in total. The van der Waals surface area contributed by atoms with Crippen LogP contribution in [0, 0.1) is 5.92 Å². The van der Waals surface area contributed by atoms with Crippen molar-refractivity contribution in [1.29, 1.82) is 0 Å². The number of halogens is 1. The van der Waals surface area contributed by atoms with Crippen molar-refractivity contribution in [2.75, 3.05) is 17.2 Å². The van der Waals surface area contributed by atoms with Gasteiger partial charge in [-0.25, -0.2) is 4.98 Å². The molecule has 1 saturated heterocycles. The highest BCUT2D eigenvalue weighted by molar-refractivity contribution is 9.10. The zero-order valence-electron chi connectivity index (χ0n) is 10.5. The van der Waals surface area contributed by atoms with Crippen molar-refractivity contribution in [3.05, 3.63) is 10.7 Å². The summed E-state index contributed by atoms with van der Waals surface area (Å²) >= 11 is 3.41. The Morgan fingerprint density at radius 2 is 1.94 bits per heavy atom. The van der Waals surface area contributed by atoms with Crippen LogP contribution in [0.3, 0.4) is 0 Å². The number of rotatable bonds is 2. The molecule has 18 heavy (non-hydrogen) atoms. The van der Waals surface area contributed by atoms with Crippen molar-refractivity contribution in [2.45, 2.75) is 44.6 Å². The molecular weight excluding hydrogens is 292 g/mol. The molecule has 1 saturated carbocycles. The maximum Gasteiger partial charge on any atom is 0.228 e. The Morgan fingerprint density at radius 1 is 1.17 bits per heavy atom. The van der Waals surface area contributed by atoms with Crippen LogP contribution in [-0.4, -0.2) is 22.6 Å². The van der Waals surface area contributed by atoms with Crippen molar-refractivity contribution in [2.24, 2.45) is 5.92 Å². The fourth-order valence-electron chi connectivity index (χ4n) is 3.42. The summed E-state index contributed by atoms with van der Waals surface area (Å²) in [6.07, 6.45) is 8.03. The molecular formula is C13H19BrN4. The first-order chi connectivity index (χ1) is 8.74. The third-order valence-corrected chi connectivity index (χ3v) is 4.61. The first-order valence-corrected chi connectivity index (χ1v) is 7.60. The number of nitrogens with zero attached hydrogens (tertiary/aromatic N) is 3. The first kappa shape index (κ1) is 12.2. The largest absolute Gasteiger partial charge is 0.383 e. The third kappa shape index (κ3) is 2.32. The molecule has 1 unspecified atom stereocenters. The number of anilines is 2. The molecule has 0 amide bonds. The van der Waals surface area contributed by atoms with E-state index in [4.69, 9.17) is 5.73 Å². The summed E-state index contributed by atoms with van der Waals surface area (Å²) in [5, 5.41) is 0. The van der Waals surface area contributed by atoms with E-state index in [0.29, 0.717) is 11.9 Å². The van der Waals surface area contributed by atoms with Crippen LogP contribution in [0.1, 0.15) is 38.5 Å². The number of nitrogen functional groups attached to an aromatic ring is 1. The minimum Gasteiger partial charge on any atom is -0.383 e. The maximum absolute atomic E-state index is 5.82. The SMILES string of the molecule is Nc1cc(Br)nc(N2CCCC2C2CCCC2)n1. The molecule has 0 radical (unpaired) electrons. The summed E-state index contributed by atoms with van der Waals surface area (Å²) in [5.74, 6) is 2.18. The van der Waals surface area contributed by atoms with Crippen LogP contribution >= 0.6 is 15.9 Å². The monoisotopic (exact) mass is 310 g/mol. The average Bonchev–Trinajstić information content (AvgIpc) is 2.98. The summed E-state index contributed by atoms with van der Waals surface area (Å²) < 4.78 is 0.780. The van der Waals surface area contributed by atoms with Crippen LogP contribution in [0.4, 0.5) is 11.8 Å². The Bertz CT molecular complexity index is 411. The molecule has 98 valence electrons. The van der Waals surface area contributed by atoms with Gasteiger partial charge in [0.25, 0.3) is 0 Å². The van der Waals surface area contributed by atoms with Gasteiger partial charge in [-0.2, -0.15) is 4.98 Å². The minimum atomic E-state index is 0.545. The summed E-state index contributed by atoms with van der Waals surface area (Å²) in [6, 6.07) is 2.38. The quantitative estimate of drug-likeness (QED) is 0.853. The predicted octanol–water partition coefficient (Wildman–Crippen LogP) is 2.98. The maximum atomic E-state index is 5.82. The molecule has 2 fully saturated rings. The molecule has 1 atom stereocenters. The topological polar surface area (TPSA) is 55.0 Å². The van der Waals surface area contributed by atoms with Gasteiger partial charge in [0.15, 0.2) is 0 Å². The zero-order valence-corrected chi connectivity index (χ0v) is 12.1. The molecule has 2 aliphatic rings. The van der Waals surface area contributed by atoms with Crippen LogP contribution in [0.5, 0.6) is 0 Å². The van der Waals surface area contributed by atoms with E-state index in [1.165, 1.54) is 38.5 Å². The lowest BCUT2D eigenvalue weighted by Gasteiger charge is -2.29. The lowest BCUT2D eigenvalue weighted by atomic mass is 9.96. The van der Waals surface area contributed by atoms with E-state index in [-0.39, 0.29) is 0 Å². The Morgan fingerprint density at radius 3 is 2.67 bits per heavy atom. The standard InChI is InChI=1S/C13H19BrN4/c14-11-8-12(15)17-13(16-11)18-7-3-6-10(18)9-4-1-2-5-9/h8-10H,1-7H2,(H2,15,16,17). The lowest BCUT2D eigenvalue weighted by Crippen LogP contribution is -2.36. The Hall–Kier alpha value is -0.840. The van der Waals surface area contributed by atoms with E-state index >= 15 is 0 Å². The van der Waals surface area contributed by atoms with Crippen LogP contribution in [0.2, 0.25) is 0 Å². The van der Waals surface area contributed by atoms with Crippen LogP contribution in [-0.2, 0) is 0 Å². The van der Waals surface area contributed by atoms with E-state index in [9.17, 15) is 0 Å². The molecule has 1 aromatic heterocycles. The Balaban J connectivity index is 1.85. The molecule has 1 aliphatic heterocycles. The van der Waals surface area contributed by atoms with Crippen molar-refractivity contribution in [1.82, 2.24) is 9.97 Å². The average molecular weight is 311 g/mol. The molecule has 0 bridgehead atoms. The summed E-state index contributed by atoms with van der Waals surface area (Å²) in [7, 11) is 0. The first-order valence-electron chi connectivity index (χ1n) is 6.81. The van der Waals surface area contributed by atoms with Gasteiger partial charge < -0.3 is 10.6 Å². The highest BCUT2D eigenvalue weighted by atomic mass is 79.9. The molecule has 3 rings (SSSR count). The van der Waals surface area contributed by atoms with Crippen LogP contribution < -0.4 is 10.6 Å². The van der Waals surface area contributed by atoms with E-state index in [1.807, 2.05) is 0 Å². The second-order valence-corrected chi connectivity index (χ2v) is 6.18. The van der Waals surface area contributed by atoms with Gasteiger partial charge in [0.05, 0.1) is 0 Å². The molecule has 0 spiro atoms. The second kappa shape index (κ2) is 5.03. The highest BCUT2D eigenvalue weighted by Gasteiger charge is 2.34. The molecule has 1 aliphatic carbocycles. The van der Waals surface area contributed by atoms with Gasteiger partial charge in [-0.3, -0.25) is 0 Å². The van der Waals surface area contributed by atoms with Gasteiger partial charge in [0.1, 0.15) is 10.4 Å². The predicted molar refractivity (Wildman–Crippen MR) is 76.5 cm³/mol. The number of nitrogens with two attached hydrogens (primary N) is 1. The summed E-state index contributed by atoms with van der Waals surface area (Å²) in [6.45, 7) is 1.07. The Kier molecular flexibility index (Phi) is 3.41. The zero-order chi connectivity index (χ0) is 12.5. The van der Waals surface area contributed by atoms with Gasteiger partial charge in [0, 0.05) is 18.7 Å². The minimum absolute atomic E-state index is 0.545. The molecule has 2 N–H and O–H groups in total. The Labute approximate surface area is 116 Å². The fraction of sp³-hybridized carbons (Fsp3) is 0.692. The van der Waals surface area contributed by atoms with Gasteiger partial charge in [-0.1, -0.05) is 12.8 Å². The van der Waals surface area contributed by atoms with Crippen LogP contribution in [0.25, 0.3) is 0 Å². The van der Waals surface area contributed by atoms with Gasteiger partial charge in [0.2, 0.25) is 5.95 Å². The van der Waals surface area contributed by atoms with E-state index in [0.717, 1.165) is 23.0 Å². The van der Waals surface area contributed by atoms with Crippen molar-refractivity contribution >= 4 is 27.7 Å².